The highest BCUT2D eigenvalue weighted by Crippen LogP contribution is 2.35. The quantitative estimate of drug-likeness (QED) is 0.842. The fraction of sp³-hybridized carbons (Fsp3) is 0.294. The van der Waals surface area contributed by atoms with E-state index >= 15 is 0 Å². The molecule has 1 heterocycles. The maximum absolute atomic E-state index is 13.8. The first-order chi connectivity index (χ1) is 9.75. The second kappa shape index (κ2) is 5.63. The molecule has 104 valence electrons. The third-order valence-corrected chi connectivity index (χ3v) is 3.84. The number of hydrogen-bond acceptors (Lipinski definition) is 2. The van der Waals surface area contributed by atoms with Crippen molar-refractivity contribution in [1.82, 2.24) is 4.90 Å². The van der Waals surface area contributed by atoms with E-state index in [0.29, 0.717) is 13.2 Å². The SMILES string of the molecule is CN(Cc1ccccc1F)C1CCOc2ccccc21. The molecule has 0 saturated carbocycles. The number of rotatable bonds is 3. The van der Waals surface area contributed by atoms with Crippen LogP contribution >= 0.6 is 0 Å². The molecule has 1 aliphatic rings. The van der Waals surface area contributed by atoms with E-state index in [1.807, 2.05) is 37.4 Å². The van der Waals surface area contributed by atoms with E-state index in [4.69, 9.17) is 4.74 Å². The lowest BCUT2D eigenvalue weighted by Crippen LogP contribution is -2.29. The molecule has 1 aliphatic heterocycles. The summed E-state index contributed by atoms with van der Waals surface area (Å²) in [5, 5.41) is 0. The molecule has 0 aliphatic carbocycles. The Morgan fingerprint density at radius 1 is 1.15 bits per heavy atom. The summed E-state index contributed by atoms with van der Waals surface area (Å²) < 4.78 is 19.4. The van der Waals surface area contributed by atoms with Crippen molar-refractivity contribution in [2.45, 2.75) is 19.0 Å². The van der Waals surface area contributed by atoms with Gasteiger partial charge in [0.2, 0.25) is 0 Å². The van der Waals surface area contributed by atoms with Crippen molar-refractivity contribution >= 4 is 0 Å². The van der Waals surface area contributed by atoms with E-state index in [2.05, 4.69) is 11.0 Å². The highest BCUT2D eigenvalue weighted by molar-refractivity contribution is 5.37. The van der Waals surface area contributed by atoms with Gasteiger partial charge in [-0.3, -0.25) is 4.90 Å². The van der Waals surface area contributed by atoms with Crippen molar-refractivity contribution in [3.05, 3.63) is 65.5 Å². The lowest BCUT2D eigenvalue weighted by Gasteiger charge is -2.33. The van der Waals surface area contributed by atoms with Crippen LogP contribution in [0.5, 0.6) is 5.75 Å². The molecule has 0 fully saturated rings. The van der Waals surface area contributed by atoms with Gasteiger partial charge in [0.1, 0.15) is 11.6 Å². The third-order valence-electron chi connectivity index (χ3n) is 3.84. The summed E-state index contributed by atoms with van der Waals surface area (Å²) in [6.07, 6.45) is 0.933. The lowest BCUT2D eigenvalue weighted by molar-refractivity contribution is 0.159. The van der Waals surface area contributed by atoms with Crippen LogP contribution in [0.15, 0.2) is 48.5 Å². The van der Waals surface area contributed by atoms with E-state index in [-0.39, 0.29) is 11.9 Å². The highest BCUT2D eigenvalue weighted by Gasteiger charge is 2.24. The van der Waals surface area contributed by atoms with Gasteiger partial charge in [-0.2, -0.15) is 0 Å². The highest BCUT2D eigenvalue weighted by atomic mass is 19.1. The molecule has 1 atom stereocenters. The van der Waals surface area contributed by atoms with Crippen LogP contribution in [-0.2, 0) is 6.54 Å². The molecule has 1 unspecified atom stereocenters. The topological polar surface area (TPSA) is 12.5 Å². The second-order valence-electron chi connectivity index (χ2n) is 5.20. The summed E-state index contributed by atoms with van der Waals surface area (Å²) in [4.78, 5) is 2.19. The first-order valence-electron chi connectivity index (χ1n) is 6.91. The van der Waals surface area contributed by atoms with Crippen molar-refractivity contribution in [2.75, 3.05) is 13.7 Å². The number of benzene rings is 2. The van der Waals surface area contributed by atoms with E-state index in [9.17, 15) is 4.39 Å². The first kappa shape index (κ1) is 13.1. The number of halogens is 1. The Morgan fingerprint density at radius 2 is 1.90 bits per heavy atom. The smallest absolute Gasteiger partial charge is 0.127 e. The predicted molar refractivity (Wildman–Crippen MR) is 77.2 cm³/mol. The molecular formula is C17H18FNO. The maximum atomic E-state index is 13.8. The Bertz CT molecular complexity index is 599. The van der Waals surface area contributed by atoms with Gasteiger partial charge < -0.3 is 4.74 Å². The molecule has 0 amide bonds. The van der Waals surface area contributed by atoms with Gasteiger partial charge in [0.05, 0.1) is 6.61 Å². The zero-order chi connectivity index (χ0) is 13.9. The van der Waals surface area contributed by atoms with Crippen LogP contribution < -0.4 is 4.74 Å². The van der Waals surface area contributed by atoms with Gasteiger partial charge in [0, 0.05) is 30.1 Å². The molecule has 2 nitrogen and oxygen atoms in total. The predicted octanol–water partition coefficient (Wildman–Crippen LogP) is 3.78. The van der Waals surface area contributed by atoms with Crippen LogP contribution in [0.25, 0.3) is 0 Å². The zero-order valence-electron chi connectivity index (χ0n) is 11.6. The van der Waals surface area contributed by atoms with Gasteiger partial charge >= 0.3 is 0 Å². The normalized spacial score (nSPS) is 17.6. The van der Waals surface area contributed by atoms with Crippen molar-refractivity contribution in [2.24, 2.45) is 0 Å². The Hall–Kier alpha value is -1.87. The second-order valence-corrected chi connectivity index (χ2v) is 5.20. The first-order valence-corrected chi connectivity index (χ1v) is 6.91. The monoisotopic (exact) mass is 271 g/mol. The molecule has 0 saturated heterocycles. The molecular weight excluding hydrogens is 253 g/mol. The Balaban J connectivity index is 1.82. The maximum Gasteiger partial charge on any atom is 0.127 e. The molecule has 0 bridgehead atoms. The molecule has 2 aromatic rings. The fourth-order valence-electron chi connectivity index (χ4n) is 2.79. The summed E-state index contributed by atoms with van der Waals surface area (Å²) in [6.45, 7) is 1.31. The molecule has 0 spiro atoms. The van der Waals surface area contributed by atoms with E-state index in [0.717, 1.165) is 17.7 Å². The van der Waals surface area contributed by atoms with E-state index in [1.54, 1.807) is 6.07 Å². The van der Waals surface area contributed by atoms with Crippen LogP contribution in [0.3, 0.4) is 0 Å². The molecule has 3 rings (SSSR count). The van der Waals surface area contributed by atoms with Crippen LogP contribution in [0.1, 0.15) is 23.6 Å². The summed E-state index contributed by atoms with van der Waals surface area (Å²) in [5.74, 6) is 0.809. The van der Waals surface area contributed by atoms with Crippen LogP contribution in [0, 0.1) is 5.82 Å². The van der Waals surface area contributed by atoms with Crippen molar-refractivity contribution in [3.8, 4) is 5.75 Å². The molecule has 3 heteroatoms. The number of ether oxygens (including phenoxy) is 1. The standard InChI is InChI=1S/C17H18FNO/c1-19(12-13-6-2-4-8-15(13)18)16-10-11-20-17-9-5-3-7-14(16)17/h2-9,16H,10-12H2,1H3. The van der Waals surface area contributed by atoms with Gasteiger partial charge in [-0.05, 0) is 19.2 Å². The average molecular weight is 271 g/mol. The third kappa shape index (κ3) is 2.54. The molecule has 2 aromatic carbocycles. The Labute approximate surface area is 118 Å². The minimum Gasteiger partial charge on any atom is -0.493 e. The van der Waals surface area contributed by atoms with Crippen LogP contribution in [0.4, 0.5) is 4.39 Å². The minimum atomic E-state index is -0.139. The largest absolute Gasteiger partial charge is 0.493 e. The van der Waals surface area contributed by atoms with Crippen molar-refractivity contribution in [1.29, 1.82) is 0 Å². The van der Waals surface area contributed by atoms with Gasteiger partial charge in [0.15, 0.2) is 0 Å². The number of para-hydroxylation sites is 1. The summed E-state index contributed by atoms with van der Waals surface area (Å²) >= 11 is 0. The Kier molecular flexibility index (Phi) is 3.70. The van der Waals surface area contributed by atoms with Crippen LogP contribution in [0.2, 0.25) is 0 Å². The lowest BCUT2D eigenvalue weighted by atomic mass is 9.99. The fourth-order valence-corrected chi connectivity index (χ4v) is 2.79. The van der Waals surface area contributed by atoms with Gasteiger partial charge in [0.25, 0.3) is 0 Å². The molecule has 20 heavy (non-hydrogen) atoms. The van der Waals surface area contributed by atoms with Crippen LogP contribution in [-0.4, -0.2) is 18.6 Å². The summed E-state index contributed by atoms with van der Waals surface area (Å²) in [5.41, 5.74) is 1.93. The van der Waals surface area contributed by atoms with Crippen molar-refractivity contribution in [3.63, 3.8) is 0 Å². The number of fused-ring (bicyclic) bond motifs is 1. The Morgan fingerprint density at radius 3 is 2.75 bits per heavy atom. The average Bonchev–Trinajstić information content (AvgIpc) is 2.49. The van der Waals surface area contributed by atoms with E-state index < -0.39 is 0 Å². The number of hydrogen-bond donors (Lipinski definition) is 0. The molecule has 0 aromatic heterocycles. The number of nitrogens with zero attached hydrogens (tertiary/aromatic N) is 1. The summed E-state index contributed by atoms with van der Waals surface area (Å²) in [7, 11) is 2.04. The minimum absolute atomic E-state index is 0.139. The molecule has 0 N–H and O–H groups in total. The summed E-state index contributed by atoms with van der Waals surface area (Å²) in [6, 6.07) is 15.3. The van der Waals surface area contributed by atoms with Crippen molar-refractivity contribution < 1.29 is 9.13 Å². The van der Waals surface area contributed by atoms with E-state index in [1.165, 1.54) is 11.6 Å². The van der Waals surface area contributed by atoms with Gasteiger partial charge in [-0.1, -0.05) is 36.4 Å². The van der Waals surface area contributed by atoms with Gasteiger partial charge in [-0.25, -0.2) is 4.39 Å². The zero-order valence-corrected chi connectivity index (χ0v) is 11.6. The van der Waals surface area contributed by atoms with Gasteiger partial charge in [-0.15, -0.1) is 0 Å². The molecule has 0 radical (unpaired) electrons.